The zero-order valence-electron chi connectivity index (χ0n) is 10.9. The van der Waals surface area contributed by atoms with Crippen molar-refractivity contribution < 1.29 is 9.53 Å². The Kier molecular flexibility index (Phi) is 6.76. The maximum absolute atomic E-state index is 11.2. The molecule has 3 nitrogen and oxygen atoms in total. The van der Waals surface area contributed by atoms with Crippen LogP contribution in [0.4, 0.5) is 0 Å². The van der Waals surface area contributed by atoms with Gasteiger partial charge in [0.25, 0.3) is 0 Å². The van der Waals surface area contributed by atoms with Crippen LogP contribution in [0.1, 0.15) is 25.8 Å². The van der Waals surface area contributed by atoms with E-state index in [-0.39, 0.29) is 12.0 Å². The highest BCUT2D eigenvalue weighted by Crippen LogP contribution is 2.09. The predicted molar refractivity (Wildman–Crippen MR) is 73.9 cm³/mol. The van der Waals surface area contributed by atoms with Crippen LogP contribution in [-0.2, 0) is 16.0 Å². The molecule has 18 heavy (non-hydrogen) atoms. The van der Waals surface area contributed by atoms with Gasteiger partial charge in [0.1, 0.15) is 0 Å². The van der Waals surface area contributed by atoms with Crippen LogP contribution in [0.15, 0.2) is 24.3 Å². The summed E-state index contributed by atoms with van der Waals surface area (Å²) in [6, 6.07) is 7.94. The number of hydrogen-bond donors (Lipinski definition) is 1. The van der Waals surface area contributed by atoms with Crippen molar-refractivity contribution in [2.75, 3.05) is 13.2 Å². The number of benzene rings is 1. The molecule has 0 radical (unpaired) electrons. The van der Waals surface area contributed by atoms with Gasteiger partial charge >= 0.3 is 5.97 Å². The smallest absolute Gasteiger partial charge is 0.307 e. The first kappa shape index (κ1) is 15.0. The van der Waals surface area contributed by atoms with Crippen molar-refractivity contribution >= 4 is 17.6 Å². The van der Waals surface area contributed by atoms with E-state index in [1.54, 1.807) is 0 Å². The van der Waals surface area contributed by atoms with Crippen molar-refractivity contribution in [1.82, 2.24) is 5.32 Å². The SMILES string of the molecule is CCOC(=O)CC(C)NCCc1ccc(Cl)cc1. The summed E-state index contributed by atoms with van der Waals surface area (Å²) in [5, 5.41) is 4.05. The zero-order valence-corrected chi connectivity index (χ0v) is 11.7. The van der Waals surface area contributed by atoms with E-state index < -0.39 is 0 Å². The van der Waals surface area contributed by atoms with Gasteiger partial charge in [0.05, 0.1) is 13.0 Å². The molecule has 0 aliphatic heterocycles. The van der Waals surface area contributed by atoms with Crippen molar-refractivity contribution in [3.05, 3.63) is 34.9 Å². The Hall–Kier alpha value is -1.06. The quantitative estimate of drug-likeness (QED) is 0.774. The first-order valence-electron chi connectivity index (χ1n) is 6.25. The fourth-order valence-corrected chi connectivity index (χ4v) is 1.78. The minimum absolute atomic E-state index is 0.136. The largest absolute Gasteiger partial charge is 0.466 e. The number of carbonyl (C=O) groups excluding carboxylic acids is 1. The molecule has 0 amide bonds. The van der Waals surface area contributed by atoms with E-state index >= 15 is 0 Å². The van der Waals surface area contributed by atoms with E-state index in [0.29, 0.717) is 13.0 Å². The molecule has 0 saturated heterocycles. The zero-order chi connectivity index (χ0) is 13.4. The number of hydrogen-bond acceptors (Lipinski definition) is 3. The van der Waals surface area contributed by atoms with E-state index in [2.05, 4.69) is 5.32 Å². The highest BCUT2D eigenvalue weighted by molar-refractivity contribution is 6.30. The van der Waals surface area contributed by atoms with Crippen LogP contribution in [0.5, 0.6) is 0 Å². The lowest BCUT2D eigenvalue weighted by molar-refractivity contribution is -0.143. The molecular weight excluding hydrogens is 250 g/mol. The van der Waals surface area contributed by atoms with Crippen LogP contribution in [-0.4, -0.2) is 25.2 Å². The van der Waals surface area contributed by atoms with Gasteiger partial charge in [-0.25, -0.2) is 0 Å². The highest BCUT2D eigenvalue weighted by Gasteiger charge is 2.08. The van der Waals surface area contributed by atoms with Gasteiger partial charge in [-0.2, -0.15) is 0 Å². The summed E-state index contributed by atoms with van der Waals surface area (Å²) >= 11 is 5.82. The number of nitrogens with one attached hydrogen (secondary N) is 1. The van der Waals surface area contributed by atoms with Crippen molar-refractivity contribution in [1.29, 1.82) is 0 Å². The fourth-order valence-electron chi connectivity index (χ4n) is 1.66. The molecule has 1 atom stereocenters. The van der Waals surface area contributed by atoms with E-state index in [0.717, 1.165) is 18.0 Å². The van der Waals surface area contributed by atoms with Gasteiger partial charge < -0.3 is 10.1 Å². The van der Waals surface area contributed by atoms with Gasteiger partial charge in [-0.3, -0.25) is 4.79 Å². The molecule has 0 aromatic heterocycles. The highest BCUT2D eigenvalue weighted by atomic mass is 35.5. The number of ether oxygens (including phenoxy) is 1. The number of rotatable bonds is 7. The van der Waals surface area contributed by atoms with Crippen molar-refractivity contribution in [2.24, 2.45) is 0 Å². The molecule has 100 valence electrons. The molecule has 1 aromatic carbocycles. The second-order valence-corrected chi connectivity index (χ2v) is 4.68. The Morgan fingerprint density at radius 2 is 2.06 bits per heavy atom. The monoisotopic (exact) mass is 269 g/mol. The topological polar surface area (TPSA) is 38.3 Å². The third-order valence-electron chi connectivity index (χ3n) is 2.60. The number of esters is 1. The van der Waals surface area contributed by atoms with Gasteiger partial charge in [-0.05, 0) is 44.5 Å². The van der Waals surface area contributed by atoms with Gasteiger partial charge in [-0.1, -0.05) is 23.7 Å². The van der Waals surface area contributed by atoms with Crippen LogP contribution in [0.3, 0.4) is 0 Å². The van der Waals surface area contributed by atoms with E-state index in [4.69, 9.17) is 16.3 Å². The average Bonchev–Trinajstić information content (AvgIpc) is 2.32. The molecule has 1 N–H and O–H groups in total. The molecule has 0 aliphatic rings. The van der Waals surface area contributed by atoms with Crippen LogP contribution in [0.25, 0.3) is 0 Å². The van der Waals surface area contributed by atoms with Crippen LogP contribution >= 0.6 is 11.6 Å². The number of halogens is 1. The predicted octanol–water partition coefficient (Wildman–Crippen LogP) is 2.81. The minimum Gasteiger partial charge on any atom is -0.466 e. The maximum atomic E-state index is 11.2. The Balaban J connectivity index is 2.21. The third-order valence-corrected chi connectivity index (χ3v) is 2.85. The lowest BCUT2D eigenvalue weighted by Gasteiger charge is -2.12. The van der Waals surface area contributed by atoms with Crippen LogP contribution in [0.2, 0.25) is 5.02 Å². The van der Waals surface area contributed by atoms with Crippen LogP contribution in [0, 0.1) is 0 Å². The molecule has 0 heterocycles. The van der Waals surface area contributed by atoms with Gasteiger partial charge in [-0.15, -0.1) is 0 Å². The molecule has 1 rings (SSSR count). The van der Waals surface area contributed by atoms with E-state index in [1.165, 1.54) is 5.56 Å². The summed E-state index contributed by atoms with van der Waals surface area (Å²) in [7, 11) is 0. The van der Waals surface area contributed by atoms with Crippen molar-refractivity contribution in [2.45, 2.75) is 32.7 Å². The molecule has 0 saturated carbocycles. The lowest BCUT2D eigenvalue weighted by atomic mass is 10.1. The molecular formula is C14H20ClNO2. The van der Waals surface area contributed by atoms with E-state index in [9.17, 15) is 4.79 Å². The van der Waals surface area contributed by atoms with Gasteiger partial charge in [0, 0.05) is 11.1 Å². The summed E-state index contributed by atoms with van der Waals surface area (Å²) in [4.78, 5) is 11.2. The van der Waals surface area contributed by atoms with Crippen LogP contribution < -0.4 is 5.32 Å². The first-order valence-corrected chi connectivity index (χ1v) is 6.63. The molecule has 0 aliphatic carbocycles. The maximum Gasteiger partial charge on any atom is 0.307 e. The first-order chi connectivity index (χ1) is 8.61. The Bertz CT molecular complexity index is 365. The van der Waals surface area contributed by atoms with Gasteiger partial charge in [0.15, 0.2) is 0 Å². The van der Waals surface area contributed by atoms with Crippen molar-refractivity contribution in [3.63, 3.8) is 0 Å². The molecule has 1 unspecified atom stereocenters. The Labute approximate surface area is 113 Å². The summed E-state index contributed by atoms with van der Waals surface area (Å²) < 4.78 is 4.90. The third kappa shape index (κ3) is 6.03. The van der Waals surface area contributed by atoms with E-state index in [1.807, 2.05) is 38.1 Å². The second-order valence-electron chi connectivity index (χ2n) is 4.24. The fraction of sp³-hybridized carbons (Fsp3) is 0.500. The lowest BCUT2D eigenvalue weighted by Crippen LogP contribution is -2.30. The average molecular weight is 270 g/mol. The van der Waals surface area contributed by atoms with Crippen molar-refractivity contribution in [3.8, 4) is 0 Å². The molecule has 0 spiro atoms. The number of carbonyl (C=O) groups is 1. The standard InChI is InChI=1S/C14H20ClNO2/c1-3-18-14(17)10-11(2)16-9-8-12-4-6-13(15)7-5-12/h4-7,11,16H,3,8-10H2,1-2H3. The van der Waals surface area contributed by atoms with Gasteiger partial charge in [0.2, 0.25) is 0 Å². The summed E-state index contributed by atoms with van der Waals surface area (Å²) in [5.41, 5.74) is 1.23. The Morgan fingerprint density at radius 1 is 1.39 bits per heavy atom. The summed E-state index contributed by atoms with van der Waals surface area (Å²) in [5.74, 6) is -0.149. The normalized spacial score (nSPS) is 12.2. The molecule has 4 heteroatoms. The summed E-state index contributed by atoms with van der Waals surface area (Å²) in [6.07, 6.45) is 1.33. The second kappa shape index (κ2) is 8.11. The minimum atomic E-state index is -0.149. The molecule has 0 fully saturated rings. The Morgan fingerprint density at radius 3 is 2.67 bits per heavy atom. The molecule has 0 bridgehead atoms. The molecule has 1 aromatic rings. The summed E-state index contributed by atoms with van der Waals surface area (Å²) in [6.45, 7) is 5.08.